The summed E-state index contributed by atoms with van der Waals surface area (Å²) in [6.07, 6.45) is 2.81. The standard InChI is InChI=1S/C4H8N2O/c1-3-6-7-4-5-2/h3-4H,1-2H3/b5-4?,6-3+. The van der Waals surface area contributed by atoms with Crippen LogP contribution in [-0.2, 0) is 4.84 Å². The predicted octanol–water partition coefficient (Wildman–Crippen LogP) is 0.667. The van der Waals surface area contributed by atoms with Crippen molar-refractivity contribution < 1.29 is 4.84 Å². The third kappa shape index (κ3) is 5.14. The molecule has 0 aromatic carbocycles. The first-order valence-corrected chi connectivity index (χ1v) is 1.96. The van der Waals surface area contributed by atoms with Crippen molar-refractivity contribution in [2.24, 2.45) is 10.1 Å². The summed E-state index contributed by atoms with van der Waals surface area (Å²) in [5.41, 5.74) is 0. The Labute approximate surface area is 42.7 Å². The van der Waals surface area contributed by atoms with Crippen molar-refractivity contribution in [3.8, 4) is 0 Å². The van der Waals surface area contributed by atoms with Gasteiger partial charge in [0.25, 0.3) is 0 Å². The Hall–Kier alpha value is -0.860. The van der Waals surface area contributed by atoms with Gasteiger partial charge in [-0.25, -0.2) is 0 Å². The summed E-state index contributed by atoms with van der Waals surface area (Å²) in [6, 6.07) is 0. The van der Waals surface area contributed by atoms with Gasteiger partial charge in [0.1, 0.15) is 0 Å². The molecule has 7 heavy (non-hydrogen) atoms. The van der Waals surface area contributed by atoms with Crippen LogP contribution in [-0.4, -0.2) is 19.7 Å². The highest BCUT2D eigenvalue weighted by atomic mass is 16.6. The average Bonchev–Trinajstić information content (AvgIpc) is 1.69. The van der Waals surface area contributed by atoms with Crippen molar-refractivity contribution in [2.75, 3.05) is 7.05 Å². The second kappa shape index (κ2) is 5.14. The maximum Gasteiger partial charge on any atom is 0.207 e. The van der Waals surface area contributed by atoms with Crippen LogP contribution < -0.4 is 0 Å². The molecule has 0 heterocycles. The molecule has 40 valence electrons. The van der Waals surface area contributed by atoms with Crippen LogP contribution in [0.3, 0.4) is 0 Å². The quantitative estimate of drug-likeness (QED) is 0.285. The maximum absolute atomic E-state index is 4.41. The lowest BCUT2D eigenvalue weighted by Gasteiger charge is -1.79. The minimum Gasteiger partial charge on any atom is -0.345 e. The summed E-state index contributed by atoms with van der Waals surface area (Å²) in [5, 5.41) is 3.39. The van der Waals surface area contributed by atoms with Crippen molar-refractivity contribution in [1.82, 2.24) is 0 Å². The van der Waals surface area contributed by atoms with E-state index in [9.17, 15) is 0 Å². The number of oxime groups is 1. The monoisotopic (exact) mass is 100 g/mol. The van der Waals surface area contributed by atoms with Crippen molar-refractivity contribution in [3.05, 3.63) is 0 Å². The van der Waals surface area contributed by atoms with Crippen molar-refractivity contribution >= 4 is 12.6 Å². The lowest BCUT2D eigenvalue weighted by Crippen LogP contribution is -1.73. The van der Waals surface area contributed by atoms with Gasteiger partial charge in [-0.3, -0.25) is 4.99 Å². The zero-order chi connectivity index (χ0) is 5.54. The van der Waals surface area contributed by atoms with Crippen LogP contribution in [0.15, 0.2) is 10.1 Å². The lowest BCUT2D eigenvalue weighted by molar-refractivity contribution is 0.346. The van der Waals surface area contributed by atoms with E-state index >= 15 is 0 Å². The summed E-state index contributed by atoms with van der Waals surface area (Å²) < 4.78 is 0. The van der Waals surface area contributed by atoms with E-state index in [4.69, 9.17) is 0 Å². The van der Waals surface area contributed by atoms with E-state index in [2.05, 4.69) is 15.0 Å². The number of hydrogen-bond donors (Lipinski definition) is 0. The molecule has 0 bridgehead atoms. The van der Waals surface area contributed by atoms with Crippen LogP contribution >= 0.6 is 0 Å². The van der Waals surface area contributed by atoms with Gasteiger partial charge in [0.05, 0.1) is 0 Å². The molecule has 0 rings (SSSR count). The van der Waals surface area contributed by atoms with E-state index in [-0.39, 0.29) is 0 Å². The molecule has 0 aromatic rings. The molecule has 0 saturated carbocycles. The molecule has 0 aromatic heterocycles. The highest BCUT2D eigenvalue weighted by molar-refractivity contribution is 5.54. The van der Waals surface area contributed by atoms with Crippen LogP contribution in [0, 0.1) is 0 Å². The molecule has 0 aliphatic heterocycles. The summed E-state index contributed by atoms with van der Waals surface area (Å²) in [4.78, 5) is 7.92. The lowest BCUT2D eigenvalue weighted by atomic mass is 10.9. The van der Waals surface area contributed by atoms with Crippen LogP contribution in [0.25, 0.3) is 0 Å². The normalized spacial score (nSPS) is 11.1. The molecular weight excluding hydrogens is 92.1 g/mol. The van der Waals surface area contributed by atoms with Gasteiger partial charge in [-0.05, 0) is 6.92 Å². The zero-order valence-corrected chi connectivity index (χ0v) is 4.46. The Morgan fingerprint density at radius 1 is 1.57 bits per heavy atom. The van der Waals surface area contributed by atoms with Gasteiger partial charge in [0.2, 0.25) is 6.40 Å². The third-order valence-corrected chi connectivity index (χ3v) is 0.319. The largest absolute Gasteiger partial charge is 0.345 e. The molecule has 0 aliphatic carbocycles. The van der Waals surface area contributed by atoms with E-state index < -0.39 is 0 Å². The molecule has 0 N–H and O–H groups in total. The smallest absolute Gasteiger partial charge is 0.207 e. The Bertz CT molecular complexity index is 67.8. The van der Waals surface area contributed by atoms with Gasteiger partial charge < -0.3 is 4.84 Å². The second-order valence-corrected chi connectivity index (χ2v) is 0.833. The van der Waals surface area contributed by atoms with Crippen molar-refractivity contribution in [1.29, 1.82) is 0 Å². The summed E-state index contributed by atoms with van der Waals surface area (Å²) in [6.45, 7) is 1.77. The summed E-state index contributed by atoms with van der Waals surface area (Å²) in [7, 11) is 1.62. The molecule has 0 radical (unpaired) electrons. The first-order valence-electron chi connectivity index (χ1n) is 1.96. The Balaban J connectivity index is 2.98. The highest BCUT2D eigenvalue weighted by Crippen LogP contribution is 1.63. The number of rotatable bonds is 2. The van der Waals surface area contributed by atoms with Crippen molar-refractivity contribution in [2.45, 2.75) is 6.92 Å². The molecule has 0 saturated heterocycles. The Kier molecular flexibility index (Phi) is 4.51. The molecule has 0 amide bonds. The topological polar surface area (TPSA) is 34.0 Å². The molecule has 0 spiro atoms. The number of aliphatic imine (C=N–C) groups is 1. The van der Waals surface area contributed by atoms with E-state index in [1.807, 2.05) is 0 Å². The predicted molar refractivity (Wildman–Crippen MR) is 29.7 cm³/mol. The van der Waals surface area contributed by atoms with E-state index in [1.54, 1.807) is 20.2 Å². The van der Waals surface area contributed by atoms with Gasteiger partial charge in [0, 0.05) is 13.3 Å². The van der Waals surface area contributed by atoms with Crippen LogP contribution in [0.5, 0.6) is 0 Å². The van der Waals surface area contributed by atoms with Gasteiger partial charge in [-0.1, -0.05) is 5.16 Å². The van der Waals surface area contributed by atoms with E-state index in [1.165, 1.54) is 6.40 Å². The fraction of sp³-hybridized carbons (Fsp3) is 0.500. The summed E-state index contributed by atoms with van der Waals surface area (Å²) in [5.74, 6) is 0. The van der Waals surface area contributed by atoms with Crippen LogP contribution in [0.2, 0.25) is 0 Å². The number of hydrogen-bond acceptors (Lipinski definition) is 3. The van der Waals surface area contributed by atoms with E-state index in [0.29, 0.717) is 0 Å². The van der Waals surface area contributed by atoms with Gasteiger partial charge >= 0.3 is 0 Å². The van der Waals surface area contributed by atoms with Crippen LogP contribution in [0.4, 0.5) is 0 Å². The number of nitrogens with zero attached hydrogens (tertiary/aromatic N) is 2. The molecule has 3 nitrogen and oxygen atoms in total. The highest BCUT2D eigenvalue weighted by Gasteiger charge is 1.59. The van der Waals surface area contributed by atoms with Gasteiger partial charge in [-0.2, -0.15) is 0 Å². The average molecular weight is 100 g/mol. The fourth-order valence-electron chi connectivity index (χ4n) is 0.135. The first-order chi connectivity index (χ1) is 3.41. The maximum atomic E-state index is 4.41. The zero-order valence-electron chi connectivity index (χ0n) is 4.46. The Morgan fingerprint density at radius 3 is 2.71 bits per heavy atom. The first kappa shape index (κ1) is 6.14. The molecular formula is C4H8N2O. The van der Waals surface area contributed by atoms with Crippen molar-refractivity contribution in [3.63, 3.8) is 0 Å². The van der Waals surface area contributed by atoms with Gasteiger partial charge in [0.15, 0.2) is 0 Å². The second-order valence-electron chi connectivity index (χ2n) is 0.833. The SMILES string of the molecule is C/C=N/OC=NC. The fourth-order valence-corrected chi connectivity index (χ4v) is 0.135. The molecule has 0 fully saturated rings. The molecule has 0 atom stereocenters. The van der Waals surface area contributed by atoms with E-state index in [0.717, 1.165) is 0 Å². The molecule has 0 aliphatic rings. The molecule has 0 unspecified atom stereocenters. The third-order valence-electron chi connectivity index (χ3n) is 0.319. The molecule has 3 heteroatoms. The van der Waals surface area contributed by atoms with Crippen LogP contribution in [0.1, 0.15) is 6.92 Å². The minimum absolute atomic E-state index is 1.26. The minimum atomic E-state index is 1.26. The van der Waals surface area contributed by atoms with Gasteiger partial charge in [-0.15, -0.1) is 0 Å². The summed E-state index contributed by atoms with van der Waals surface area (Å²) >= 11 is 0. The Morgan fingerprint density at radius 2 is 2.29 bits per heavy atom.